The van der Waals surface area contributed by atoms with Gasteiger partial charge in [0.05, 0.1) is 0 Å². The van der Waals surface area contributed by atoms with Crippen molar-refractivity contribution in [3.05, 3.63) is 12.2 Å². The Balaban J connectivity index is 4.34. The normalized spacial score (nSPS) is 12.0. The maximum absolute atomic E-state index is 12.8. The Bertz CT molecular complexity index is 931. The first kappa shape index (κ1) is 58.1. The summed E-state index contributed by atoms with van der Waals surface area (Å²) in [5.74, 6) is -0.858. The van der Waals surface area contributed by atoms with Crippen LogP contribution >= 0.6 is 0 Å². The molecule has 1 unspecified atom stereocenters. The number of unbranched alkanes of at least 4 members (excludes halogenated alkanes) is 36. The minimum Gasteiger partial charge on any atom is -0.462 e. The van der Waals surface area contributed by atoms with Crippen LogP contribution in [-0.2, 0) is 28.6 Å². The highest BCUT2D eigenvalue weighted by atomic mass is 16.6. The molecule has 0 rings (SSSR count). The molecule has 0 N–H and O–H groups in total. The van der Waals surface area contributed by atoms with E-state index in [-0.39, 0.29) is 31.1 Å². The van der Waals surface area contributed by atoms with Crippen LogP contribution in [0.5, 0.6) is 0 Å². The molecular weight excluding hydrogens is 745 g/mol. The number of hydrogen-bond donors (Lipinski definition) is 0. The number of esters is 3. The van der Waals surface area contributed by atoms with Gasteiger partial charge in [0, 0.05) is 19.3 Å². The van der Waals surface area contributed by atoms with Crippen molar-refractivity contribution in [2.75, 3.05) is 13.2 Å². The first-order valence-electron chi connectivity index (χ1n) is 26.7. The van der Waals surface area contributed by atoms with Crippen LogP contribution in [0.3, 0.4) is 0 Å². The van der Waals surface area contributed by atoms with Gasteiger partial charge in [0.25, 0.3) is 0 Å². The fourth-order valence-corrected chi connectivity index (χ4v) is 7.97. The Morgan fingerprint density at radius 3 is 0.833 bits per heavy atom. The second-order valence-electron chi connectivity index (χ2n) is 18.2. The second-order valence-corrected chi connectivity index (χ2v) is 18.2. The molecule has 0 aliphatic rings. The van der Waals surface area contributed by atoms with E-state index in [9.17, 15) is 14.4 Å². The molecule has 0 fully saturated rings. The third-order valence-corrected chi connectivity index (χ3v) is 12.0. The smallest absolute Gasteiger partial charge is 0.306 e. The Hall–Kier alpha value is -1.85. The number of carbonyl (C=O) groups is 3. The van der Waals surface area contributed by atoms with Crippen molar-refractivity contribution in [1.29, 1.82) is 0 Å². The zero-order chi connectivity index (χ0) is 43.7. The molecule has 354 valence electrons. The fourth-order valence-electron chi connectivity index (χ4n) is 7.97. The Kier molecular flexibility index (Phi) is 48.3. The number of carbonyl (C=O) groups excluding carboxylic acids is 3. The van der Waals surface area contributed by atoms with Crippen LogP contribution in [0, 0.1) is 0 Å². The second kappa shape index (κ2) is 49.8. The molecule has 1 atom stereocenters. The molecule has 0 saturated carbocycles. The maximum Gasteiger partial charge on any atom is 0.306 e. The zero-order valence-corrected chi connectivity index (χ0v) is 40.5. The van der Waals surface area contributed by atoms with Gasteiger partial charge >= 0.3 is 17.9 Å². The summed E-state index contributed by atoms with van der Waals surface area (Å²) in [5.41, 5.74) is 0. The lowest BCUT2D eigenvalue weighted by Gasteiger charge is -2.18. The van der Waals surface area contributed by atoms with Gasteiger partial charge in [0.1, 0.15) is 13.2 Å². The summed E-state index contributed by atoms with van der Waals surface area (Å²) < 4.78 is 16.8. The molecule has 0 aliphatic heterocycles. The topological polar surface area (TPSA) is 78.9 Å². The molecule has 6 heteroatoms. The van der Waals surface area contributed by atoms with Gasteiger partial charge in [0.2, 0.25) is 0 Å². The molecule has 0 spiro atoms. The van der Waals surface area contributed by atoms with Gasteiger partial charge in [-0.1, -0.05) is 245 Å². The van der Waals surface area contributed by atoms with Gasteiger partial charge < -0.3 is 14.2 Å². The van der Waals surface area contributed by atoms with E-state index < -0.39 is 6.10 Å². The van der Waals surface area contributed by atoms with E-state index >= 15 is 0 Å². The third kappa shape index (κ3) is 47.2. The molecule has 0 amide bonds. The number of ether oxygens (including phenoxy) is 3. The van der Waals surface area contributed by atoms with Crippen LogP contribution in [0.2, 0.25) is 0 Å². The Morgan fingerprint density at radius 2 is 0.550 bits per heavy atom. The van der Waals surface area contributed by atoms with Crippen LogP contribution in [0.1, 0.15) is 297 Å². The van der Waals surface area contributed by atoms with Crippen LogP contribution in [0.4, 0.5) is 0 Å². The van der Waals surface area contributed by atoms with Crippen molar-refractivity contribution in [3.8, 4) is 0 Å². The Morgan fingerprint density at radius 1 is 0.317 bits per heavy atom. The quantitative estimate of drug-likeness (QED) is 0.0263. The lowest BCUT2D eigenvalue weighted by atomic mass is 10.0. The first-order chi connectivity index (χ1) is 29.5. The van der Waals surface area contributed by atoms with Crippen LogP contribution in [0.15, 0.2) is 12.2 Å². The van der Waals surface area contributed by atoms with Gasteiger partial charge in [-0.2, -0.15) is 0 Å². The van der Waals surface area contributed by atoms with Crippen molar-refractivity contribution in [1.82, 2.24) is 0 Å². The SMILES string of the molecule is CCCCCCCC/C=C\CCCCCCCC(=O)OC(COC(=O)CCCCCCCCCCCCCCC)COC(=O)CCCCCCCCCCCCCCCC. The summed E-state index contributed by atoms with van der Waals surface area (Å²) in [6, 6.07) is 0. The molecule has 6 nitrogen and oxygen atoms in total. The number of hydrogen-bond acceptors (Lipinski definition) is 6. The molecule has 0 aromatic heterocycles. The summed E-state index contributed by atoms with van der Waals surface area (Å²) in [5, 5.41) is 0. The first-order valence-corrected chi connectivity index (χ1v) is 26.7. The summed E-state index contributed by atoms with van der Waals surface area (Å²) in [6.45, 7) is 6.66. The number of rotatable bonds is 49. The van der Waals surface area contributed by atoms with E-state index in [0.29, 0.717) is 19.3 Å². The average molecular weight is 847 g/mol. The van der Waals surface area contributed by atoms with Crippen LogP contribution < -0.4 is 0 Å². The van der Waals surface area contributed by atoms with Crippen molar-refractivity contribution in [3.63, 3.8) is 0 Å². The fraction of sp³-hybridized carbons (Fsp3) is 0.907. The van der Waals surface area contributed by atoms with E-state index in [4.69, 9.17) is 14.2 Å². The molecule has 0 heterocycles. The third-order valence-electron chi connectivity index (χ3n) is 12.0. The number of allylic oxidation sites excluding steroid dienone is 2. The standard InChI is InChI=1S/C54H102O6/c1-4-7-10-13-16-19-22-25-27-30-33-36-39-42-45-48-54(57)60-51(49-58-52(55)46-43-40-37-34-31-28-24-21-18-15-12-9-6-3)50-59-53(56)47-44-41-38-35-32-29-26-23-20-17-14-11-8-5-2/h25,27,51H,4-24,26,28-50H2,1-3H3/b27-25-. The molecule has 0 bridgehead atoms. The predicted molar refractivity (Wildman–Crippen MR) is 256 cm³/mol. The van der Waals surface area contributed by atoms with E-state index in [1.54, 1.807) is 0 Å². The van der Waals surface area contributed by atoms with Crippen molar-refractivity contribution < 1.29 is 28.6 Å². The lowest BCUT2D eigenvalue weighted by Crippen LogP contribution is -2.30. The van der Waals surface area contributed by atoms with Gasteiger partial charge in [-0.25, -0.2) is 0 Å². The van der Waals surface area contributed by atoms with Gasteiger partial charge in [-0.15, -0.1) is 0 Å². The zero-order valence-electron chi connectivity index (χ0n) is 40.5. The van der Waals surface area contributed by atoms with Crippen LogP contribution in [0.25, 0.3) is 0 Å². The van der Waals surface area contributed by atoms with E-state index in [0.717, 1.165) is 64.2 Å². The van der Waals surface area contributed by atoms with Gasteiger partial charge in [-0.05, 0) is 44.9 Å². The predicted octanol–water partition coefficient (Wildman–Crippen LogP) is 17.4. The highest BCUT2D eigenvalue weighted by Gasteiger charge is 2.19. The van der Waals surface area contributed by atoms with E-state index in [2.05, 4.69) is 32.9 Å². The minimum atomic E-state index is -0.767. The highest BCUT2D eigenvalue weighted by Crippen LogP contribution is 2.16. The molecule has 0 aromatic rings. The molecule has 0 aromatic carbocycles. The van der Waals surface area contributed by atoms with Gasteiger partial charge in [-0.3, -0.25) is 14.4 Å². The molecule has 0 aliphatic carbocycles. The highest BCUT2D eigenvalue weighted by molar-refractivity contribution is 5.71. The van der Waals surface area contributed by atoms with Crippen molar-refractivity contribution >= 4 is 17.9 Å². The largest absolute Gasteiger partial charge is 0.462 e. The summed E-state index contributed by atoms with van der Waals surface area (Å²) in [6.07, 6.45) is 54.7. The maximum atomic E-state index is 12.8. The van der Waals surface area contributed by atoms with Crippen molar-refractivity contribution in [2.24, 2.45) is 0 Å². The molecule has 60 heavy (non-hydrogen) atoms. The van der Waals surface area contributed by atoms with E-state index in [1.165, 1.54) is 193 Å². The van der Waals surface area contributed by atoms with E-state index in [1.807, 2.05) is 0 Å². The lowest BCUT2D eigenvalue weighted by molar-refractivity contribution is -0.167. The minimum absolute atomic E-state index is 0.0679. The summed E-state index contributed by atoms with van der Waals surface area (Å²) in [7, 11) is 0. The summed E-state index contributed by atoms with van der Waals surface area (Å²) in [4.78, 5) is 38.0. The monoisotopic (exact) mass is 847 g/mol. The average Bonchev–Trinajstić information content (AvgIpc) is 3.24. The van der Waals surface area contributed by atoms with Gasteiger partial charge in [0.15, 0.2) is 6.10 Å². The molecule has 0 radical (unpaired) electrons. The molecular formula is C54H102O6. The molecule has 0 saturated heterocycles. The van der Waals surface area contributed by atoms with Crippen molar-refractivity contribution in [2.45, 2.75) is 303 Å². The Labute approximate surface area is 373 Å². The summed E-state index contributed by atoms with van der Waals surface area (Å²) >= 11 is 0. The van der Waals surface area contributed by atoms with Crippen LogP contribution in [-0.4, -0.2) is 37.2 Å².